The van der Waals surface area contributed by atoms with E-state index in [-0.39, 0.29) is 87.6 Å². The number of aliphatic hydroxyl groups excluding tert-OH is 8. The summed E-state index contributed by atoms with van der Waals surface area (Å²) in [7, 11) is 0. The van der Waals surface area contributed by atoms with Crippen LogP contribution in [0.2, 0.25) is 0 Å². The Kier molecular flexibility index (Phi) is 41.5. The first kappa shape index (κ1) is 53.8. The third-order valence-electron chi connectivity index (χ3n) is 3.61. The second-order valence-corrected chi connectivity index (χ2v) is 5.30. The van der Waals surface area contributed by atoms with Gasteiger partial charge in [-0.05, 0) is 0 Å². The molecule has 9 atom stereocenters. The van der Waals surface area contributed by atoms with Crippen molar-refractivity contribution in [2.75, 3.05) is 13.2 Å². The second kappa shape index (κ2) is 24.7. The summed E-state index contributed by atoms with van der Waals surface area (Å²) in [5, 5.41) is 86.3. The molecule has 0 amide bonds. The van der Waals surface area contributed by atoms with Crippen molar-refractivity contribution in [2.45, 2.75) is 55.1 Å². The van der Waals surface area contributed by atoms with Crippen molar-refractivity contribution in [3.63, 3.8) is 0 Å². The van der Waals surface area contributed by atoms with E-state index < -0.39 is 74.3 Å². The molecule has 18 nitrogen and oxygen atoms in total. The third kappa shape index (κ3) is 13.5. The van der Waals surface area contributed by atoms with Gasteiger partial charge in [0.25, 0.3) is 0 Å². The van der Waals surface area contributed by atoms with E-state index in [2.05, 4.69) is 0 Å². The zero-order valence-corrected chi connectivity index (χ0v) is 20.2. The van der Waals surface area contributed by atoms with E-state index in [0.717, 1.165) is 0 Å². The fraction of sp³-hybridized carbons (Fsp3) is 0.917. The smallest absolute Gasteiger partial charge is 1.00 e. The Hall–Kier alpha value is 0.570. The van der Waals surface area contributed by atoms with Gasteiger partial charge in [-0.3, -0.25) is 0 Å². The molecule has 1 aliphatic rings. The molecule has 0 bridgehead atoms. The first-order chi connectivity index (χ1) is 11.1. The number of halogens is 1. The predicted octanol–water partition coefficient (Wildman–Crippen LogP) is -15.3. The Morgan fingerprint density at radius 3 is 1.69 bits per heavy atom. The standard InChI is InChI=1S/C12H22O12.BrH.Ca.6H2O/c13-1-3(15)5(16)10(9(20)11(21)22)24-12-8(19)7(18)6(17)4(2-14)23-12;;;;;;;;/h3-10,12-20H,1-2H2,(H,21,22);1H;;6*1H2/q;;+2;;;;;;/p-2/t3-,4+,5+,6-,7-,8+,9-,10-,12-;;;;;;;;/m0......../s1. The van der Waals surface area contributed by atoms with E-state index in [1.54, 1.807) is 0 Å². The molecule has 1 fully saturated rings. The quantitative estimate of drug-likeness (QED) is 0.123. The van der Waals surface area contributed by atoms with Gasteiger partial charge in [0.05, 0.1) is 19.2 Å². The largest absolute Gasteiger partial charge is 2.00 e. The molecule has 198 valence electrons. The number of aliphatic carboxylic acids is 1. The molecule has 1 rings (SSSR count). The number of rotatable bonds is 8. The van der Waals surface area contributed by atoms with Crippen LogP contribution >= 0.6 is 0 Å². The summed E-state index contributed by atoms with van der Waals surface area (Å²) >= 11 is 0. The van der Waals surface area contributed by atoms with Crippen LogP contribution in [0.1, 0.15) is 0 Å². The zero-order valence-electron chi connectivity index (χ0n) is 16.4. The van der Waals surface area contributed by atoms with Gasteiger partial charge in [0.1, 0.15) is 48.8 Å². The van der Waals surface area contributed by atoms with Crippen molar-refractivity contribution in [1.82, 2.24) is 0 Å². The molecule has 0 radical (unpaired) electrons. The summed E-state index contributed by atoms with van der Waals surface area (Å²) in [6.45, 7) is -1.80. The van der Waals surface area contributed by atoms with E-state index >= 15 is 0 Å². The minimum atomic E-state index is -2.49. The fourth-order valence-corrected chi connectivity index (χ4v) is 2.14. The van der Waals surface area contributed by atoms with Crippen molar-refractivity contribution in [3.05, 3.63) is 0 Å². The van der Waals surface area contributed by atoms with E-state index in [4.69, 9.17) is 19.7 Å². The summed E-state index contributed by atoms with van der Waals surface area (Å²) in [6, 6.07) is 0. The summed E-state index contributed by atoms with van der Waals surface area (Å²) in [5.41, 5.74) is 0. The molecular formula is C12H33BrCaO18. The molecule has 0 aromatic heterocycles. The van der Waals surface area contributed by atoms with Gasteiger partial charge in [-0.25, -0.2) is 0 Å². The molecule has 0 unspecified atom stereocenters. The minimum absolute atomic E-state index is 0. The topological polar surface area (TPSA) is 409 Å². The fourth-order valence-electron chi connectivity index (χ4n) is 2.14. The second-order valence-electron chi connectivity index (χ2n) is 5.30. The Morgan fingerprint density at radius 2 is 1.34 bits per heavy atom. The van der Waals surface area contributed by atoms with E-state index in [9.17, 15) is 40.5 Å². The summed E-state index contributed by atoms with van der Waals surface area (Å²) < 4.78 is 9.86. The monoisotopic (exact) mass is 584 g/mol. The number of ether oxygens (including phenoxy) is 2. The molecule has 0 aromatic carbocycles. The summed E-state index contributed by atoms with van der Waals surface area (Å²) in [6.07, 6.45) is -17.4. The van der Waals surface area contributed by atoms with Gasteiger partial charge >= 0.3 is 37.7 Å². The molecule has 20 heteroatoms. The predicted molar refractivity (Wildman–Crippen MR) is 96.2 cm³/mol. The molecule has 0 aromatic rings. The molecule has 32 heavy (non-hydrogen) atoms. The van der Waals surface area contributed by atoms with Gasteiger partial charge < -0.3 is 110 Å². The van der Waals surface area contributed by atoms with Crippen LogP contribution in [0, 0.1) is 0 Å². The minimum Gasteiger partial charge on any atom is -1.00 e. The van der Waals surface area contributed by atoms with Crippen LogP contribution in [0.15, 0.2) is 0 Å². The number of carboxylic acid groups (broad SMARTS) is 1. The first-order valence-corrected chi connectivity index (χ1v) is 6.97. The van der Waals surface area contributed by atoms with Gasteiger partial charge in [0, 0.05) is 0 Å². The van der Waals surface area contributed by atoms with Gasteiger partial charge in [0.15, 0.2) is 6.29 Å². The average molecular weight is 585 g/mol. The van der Waals surface area contributed by atoms with Crippen molar-refractivity contribution in [2.24, 2.45) is 0 Å². The van der Waals surface area contributed by atoms with Crippen molar-refractivity contribution in [1.29, 1.82) is 0 Å². The normalized spacial score (nSPS) is 26.9. The molecule has 1 aliphatic heterocycles. The Morgan fingerprint density at radius 1 is 0.906 bits per heavy atom. The van der Waals surface area contributed by atoms with Gasteiger partial charge in [0.2, 0.25) is 0 Å². The van der Waals surface area contributed by atoms with Crippen molar-refractivity contribution >= 4 is 43.7 Å². The maximum Gasteiger partial charge on any atom is 2.00 e. The Balaban J connectivity index is -0.000000120. The number of aliphatic hydroxyl groups is 8. The van der Waals surface area contributed by atoms with Crippen LogP contribution in [0.3, 0.4) is 0 Å². The van der Waals surface area contributed by atoms with Crippen LogP contribution < -0.4 is 22.1 Å². The Labute approximate surface area is 221 Å². The number of hydrogen-bond acceptors (Lipinski definition) is 12. The molecule has 1 saturated heterocycles. The average Bonchev–Trinajstić information content (AvgIpc) is 2.57. The molecule has 0 saturated carbocycles. The van der Waals surface area contributed by atoms with Crippen LogP contribution in [0.5, 0.6) is 0 Å². The van der Waals surface area contributed by atoms with E-state index in [1.807, 2.05) is 0 Å². The van der Waals surface area contributed by atoms with Crippen LogP contribution in [-0.4, -0.2) is 186 Å². The maximum absolute atomic E-state index is 10.8. The number of carbonyl (C=O) groups is 1. The van der Waals surface area contributed by atoms with Crippen LogP contribution in [-0.2, 0) is 14.3 Å². The van der Waals surface area contributed by atoms with Crippen molar-refractivity contribution in [3.8, 4) is 0 Å². The molecule has 1 heterocycles. The molecule has 0 spiro atoms. The number of carboxylic acids is 1. The SMILES string of the molecule is O.O.O.O.O.O.O=C([O-])[C@@H](O)[C@@H](O[C@@H]1O[C@H](CO)[C@H](O)[C@H](O)[C@H]1O)[C@H](O)[C@@H](O)CO.[Br-].[Ca+2]. The zero-order chi connectivity index (χ0) is 18.6. The number of hydrogen-bond donors (Lipinski definition) is 8. The van der Waals surface area contributed by atoms with Gasteiger partial charge in [-0.15, -0.1) is 0 Å². The molecular weight excluding hydrogens is 552 g/mol. The molecule has 20 N–H and O–H groups in total. The summed E-state index contributed by atoms with van der Waals surface area (Å²) in [4.78, 5) is 10.8. The maximum atomic E-state index is 10.8. The van der Waals surface area contributed by atoms with Crippen molar-refractivity contribution < 1.29 is 110 Å². The molecule has 0 aliphatic carbocycles. The number of carbonyl (C=O) groups excluding carboxylic acids is 1. The first-order valence-electron chi connectivity index (χ1n) is 6.97. The summed E-state index contributed by atoms with van der Waals surface area (Å²) in [5.74, 6) is -2.09. The van der Waals surface area contributed by atoms with Gasteiger partial charge in [-0.2, -0.15) is 0 Å². The van der Waals surface area contributed by atoms with Crippen LogP contribution in [0.4, 0.5) is 0 Å². The van der Waals surface area contributed by atoms with Crippen LogP contribution in [0.25, 0.3) is 0 Å². The third-order valence-corrected chi connectivity index (χ3v) is 3.61. The van der Waals surface area contributed by atoms with E-state index in [1.165, 1.54) is 0 Å². The van der Waals surface area contributed by atoms with Gasteiger partial charge in [-0.1, -0.05) is 0 Å². The van der Waals surface area contributed by atoms with E-state index in [0.29, 0.717) is 0 Å². The Bertz CT molecular complexity index is 421.